The molecule has 1 amide bonds. The number of likely N-dealkylation sites (N-methyl/N-ethyl adjacent to an activating group) is 1. The number of carbonyl (C=O) groups is 2. The van der Waals surface area contributed by atoms with E-state index >= 15 is 0 Å². The summed E-state index contributed by atoms with van der Waals surface area (Å²) in [6.45, 7) is 6.98. The Labute approximate surface area is 451 Å². The van der Waals surface area contributed by atoms with Crippen LogP contribution in [0.2, 0.25) is 0 Å². The third kappa shape index (κ3) is 54.3. The smallest absolute Gasteiger partial charge is 0.456 e. The van der Waals surface area contributed by atoms with Crippen molar-refractivity contribution in [1.29, 1.82) is 0 Å². The molecule has 0 fully saturated rings. The number of ether oxygens (including phenoxy) is 1. The lowest BCUT2D eigenvalue weighted by molar-refractivity contribution is -0.870. The van der Waals surface area contributed by atoms with Crippen molar-refractivity contribution in [2.75, 3.05) is 40.9 Å². The zero-order valence-electron chi connectivity index (χ0n) is 48.6. The van der Waals surface area contributed by atoms with Crippen LogP contribution in [0.15, 0.2) is 60.8 Å². The maximum Gasteiger partial charge on any atom is 0.472 e. The van der Waals surface area contributed by atoms with Gasteiger partial charge in [-0.2, -0.15) is 0 Å². The molecule has 0 aliphatic heterocycles. The molecular formula is C63H118N2O7P+. The molecule has 3 atom stereocenters. The van der Waals surface area contributed by atoms with Gasteiger partial charge in [0.2, 0.25) is 5.91 Å². The molecule has 0 saturated heterocycles. The molecule has 0 aromatic heterocycles. The fraction of sp³-hybridized carbons (Fsp3) is 0.810. The number of esters is 1. The van der Waals surface area contributed by atoms with E-state index in [1.807, 2.05) is 33.3 Å². The molecule has 10 heteroatoms. The van der Waals surface area contributed by atoms with E-state index in [1.165, 1.54) is 148 Å². The number of carbonyl (C=O) groups excluding carboxylic acids is 2. The third-order valence-corrected chi connectivity index (χ3v) is 14.4. The second-order valence-electron chi connectivity index (χ2n) is 21.9. The lowest BCUT2D eigenvalue weighted by atomic mass is 10.0. The van der Waals surface area contributed by atoms with Crippen LogP contribution in [0.4, 0.5) is 0 Å². The highest BCUT2D eigenvalue weighted by atomic mass is 31.2. The lowest BCUT2D eigenvalue weighted by Gasteiger charge is -2.27. The summed E-state index contributed by atoms with van der Waals surface area (Å²) in [6, 6.07) is -0.854. The van der Waals surface area contributed by atoms with Gasteiger partial charge in [0.1, 0.15) is 19.3 Å². The Bertz CT molecular complexity index is 1440. The monoisotopic (exact) mass is 1050 g/mol. The zero-order valence-corrected chi connectivity index (χ0v) is 49.5. The normalized spacial score (nSPS) is 14.1. The number of phosphoric ester groups is 1. The molecule has 0 aliphatic carbocycles. The fourth-order valence-corrected chi connectivity index (χ4v) is 9.42. The number of quaternary nitrogens is 1. The first-order valence-corrected chi connectivity index (χ1v) is 32.1. The van der Waals surface area contributed by atoms with Crippen molar-refractivity contribution in [2.24, 2.45) is 0 Å². The highest BCUT2D eigenvalue weighted by molar-refractivity contribution is 7.47. The number of rotatable bonds is 55. The Morgan fingerprint density at radius 2 is 0.836 bits per heavy atom. The molecule has 0 bridgehead atoms. The topological polar surface area (TPSA) is 111 Å². The minimum atomic E-state index is -4.45. The second-order valence-corrected chi connectivity index (χ2v) is 23.3. The van der Waals surface area contributed by atoms with Crippen LogP contribution in [0.3, 0.4) is 0 Å². The molecule has 2 N–H and O–H groups in total. The van der Waals surface area contributed by atoms with Gasteiger partial charge in [-0.1, -0.05) is 249 Å². The maximum absolute atomic E-state index is 13.5. The molecule has 3 unspecified atom stereocenters. The van der Waals surface area contributed by atoms with Gasteiger partial charge >= 0.3 is 13.8 Å². The molecule has 73 heavy (non-hydrogen) atoms. The molecule has 0 aromatic rings. The van der Waals surface area contributed by atoms with E-state index in [4.69, 9.17) is 13.8 Å². The molecule has 0 spiro atoms. The van der Waals surface area contributed by atoms with Gasteiger partial charge in [0.05, 0.1) is 33.8 Å². The summed E-state index contributed by atoms with van der Waals surface area (Å²) in [5.74, 6) is -0.520. The number of amides is 1. The molecule has 0 rings (SSSR count). The zero-order chi connectivity index (χ0) is 53.6. The fourth-order valence-electron chi connectivity index (χ4n) is 8.69. The number of nitrogens with one attached hydrogen (secondary N) is 1. The molecular weight excluding hydrogens is 928 g/mol. The first kappa shape index (κ1) is 70.7. The Kier molecular flexibility index (Phi) is 51.5. The van der Waals surface area contributed by atoms with Crippen molar-refractivity contribution in [3.05, 3.63) is 60.8 Å². The van der Waals surface area contributed by atoms with Crippen molar-refractivity contribution >= 4 is 19.7 Å². The Morgan fingerprint density at radius 1 is 0.479 bits per heavy atom. The maximum atomic E-state index is 13.5. The van der Waals surface area contributed by atoms with Gasteiger partial charge in [-0.3, -0.25) is 18.6 Å². The summed E-state index contributed by atoms with van der Waals surface area (Å²) in [7, 11) is 1.49. The highest BCUT2D eigenvalue weighted by Crippen LogP contribution is 2.43. The average Bonchev–Trinajstić information content (AvgIpc) is 3.35. The van der Waals surface area contributed by atoms with Crippen molar-refractivity contribution < 1.29 is 37.3 Å². The van der Waals surface area contributed by atoms with E-state index in [1.54, 1.807) is 0 Å². The van der Waals surface area contributed by atoms with Gasteiger partial charge in [-0.05, 0) is 76.7 Å². The first-order valence-electron chi connectivity index (χ1n) is 30.6. The first-order chi connectivity index (χ1) is 35.4. The van der Waals surface area contributed by atoms with Gasteiger partial charge < -0.3 is 19.4 Å². The van der Waals surface area contributed by atoms with Crippen molar-refractivity contribution in [3.63, 3.8) is 0 Å². The van der Waals surface area contributed by atoms with E-state index in [0.717, 1.165) is 96.3 Å². The van der Waals surface area contributed by atoms with Crippen molar-refractivity contribution in [1.82, 2.24) is 5.32 Å². The number of allylic oxidation sites excluding steroid dienone is 9. The van der Waals surface area contributed by atoms with Crippen LogP contribution in [-0.2, 0) is 27.9 Å². The van der Waals surface area contributed by atoms with Gasteiger partial charge in [-0.15, -0.1) is 0 Å². The largest absolute Gasteiger partial charge is 0.472 e. The van der Waals surface area contributed by atoms with Crippen molar-refractivity contribution in [3.8, 4) is 0 Å². The van der Waals surface area contributed by atoms with Crippen LogP contribution < -0.4 is 5.32 Å². The molecule has 0 radical (unpaired) electrons. The number of nitrogens with zero attached hydrogens (tertiary/aromatic N) is 1. The van der Waals surface area contributed by atoms with Crippen molar-refractivity contribution in [2.45, 2.75) is 290 Å². The summed E-state index contributed by atoms with van der Waals surface area (Å²) >= 11 is 0. The average molecular weight is 1050 g/mol. The highest BCUT2D eigenvalue weighted by Gasteiger charge is 2.30. The number of unbranched alkanes of at least 4 members (excludes halogenated alkanes) is 31. The van der Waals surface area contributed by atoms with Crippen LogP contribution >= 0.6 is 7.82 Å². The van der Waals surface area contributed by atoms with E-state index in [-0.39, 0.29) is 31.5 Å². The van der Waals surface area contributed by atoms with Gasteiger partial charge in [0.15, 0.2) is 0 Å². The minimum Gasteiger partial charge on any atom is -0.456 e. The molecule has 9 nitrogen and oxygen atoms in total. The third-order valence-electron chi connectivity index (χ3n) is 13.5. The van der Waals surface area contributed by atoms with E-state index in [2.05, 4.69) is 74.7 Å². The summed E-state index contributed by atoms with van der Waals surface area (Å²) < 4.78 is 30.6. The predicted octanol–water partition coefficient (Wildman–Crippen LogP) is 18.7. The standard InChI is InChI=1S/C63H117N2O7P/c1-7-10-13-16-19-22-25-27-29-30-31-32-33-34-36-38-41-44-47-50-53-56-63(67)72-61(54-51-48-45-42-39-24-21-18-15-12-9-3)60(59-71-73(68,69)70-58-57-65(4,5)6)64-62(66)55-52-49-46-43-40-37-35-28-26-23-20-17-14-11-8-2/h19,22,27,29,31-32,34,36,51,54,60-61H,7-18,20-21,23-26,28,30,33,35,37-50,52-53,55-59H2,1-6H3,(H-,64,66,68,69)/p+1/b22-19-,29-27-,32-31-,36-34-,54-51+. The Balaban J connectivity index is 5.26. The van der Waals surface area contributed by atoms with Crippen LogP contribution in [0.25, 0.3) is 0 Å². The second kappa shape index (κ2) is 53.1. The van der Waals surface area contributed by atoms with Crippen LogP contribution in [0, 0.1) is 0 Å². The van der Waals surface area contributed by atoms with E-state index in [9.17, 15) is 19.0 Å². The number of hydrogen-bond acceptors (Lipinski definition) is 6. The van der Waals surface area contributed by atoms with Gasteiger partial charge in [-0.25, -0.2) is 4.57 Å². The Morgan fingerprint density at radius 3 is 1.27 bits per heavy atom. The van der Waals surface area contributed by atoms with Crippen LogP contribution in [0.5, 0.6) is 0 Å². The van der Waals surface area contributed by atoms with Gasteiger partial charge in [0.25, 0.3) is 0 Å². The number of phosphoric acid groups is 1. The summed E-state index contributed by atoms with van der Waals surface area (Å²) in [6.07, 6.45) is 66.4. The quantitative estimate of drug-likeness (QED) is 0.0205. The summed E-state index contributed by atoms with van der Waals surface area (Å²) in [4.78, 5) is 37.6. The van der Waals surface area contributed by atoms with Crippen LogP contribution in [0.1, 0.15) is 278 Å². The molecule has 426 valence electrons. The lowest BCUT2D eigenvalue weighted by Crippen LogP contribution is -2.47. The SMILES string of the molecule is CCCCC/C=C\C/C=C\C/C=C\C/C=C\CCCCCCCC(=O)OC(/C=C/CCCCCCCCCCC)C(COP(=O)(O)OCC[N+](C)(C)C)NC(=O)CCCCCCCCCCCCCCCCC. The Hall–Kier alpha value is -2.29. The van der Waals surface area contributed by atoms with E-state index in [0.29, 0.717) is 17.4 Å². The molecule has 0 aliphatic rings. The van der Waals surface area contributed by atoms with E-state index < -0.39 is 20.0 Å². The summed E-state index contributed by atoms with van der Waals surface area (Å²) in [5.41, 5.74) is 0. The minimum absolute atomic E-state index is 0.0368. The molecule has 0 saturated carbocycles. The predicted molar refractivity (Wildman–Crippen MR) is 314 cm³/mol. The van der Waals surface area contributed by atoms with Crippen LogP contribution in [-0.4, -0.2) is 74.3 Å². The summed E-state index contributed by atoms with van der Waals surface area (Å²) in [5, 5.41) is 3.05. The van der Waals surface area contributed by atoms with Gasteiger partial charge in [0, 0.05) is 12.8 Å². The number of hydrogen-bond donors (Lipinski definition) is 2. The molecule has 0 aromatic carbocycles. The molecule has 0 heterocycles.